The largest absolute Gasteiger partial charge is 0.472 e. The predicted molar refractivity (Wildman–Crippen MR) is 353 cm³/mol. The van der Waals surface area contributed by atoms with E-state index in [2.05, 4.69) is 86.8 Å². The molecule has 0 saturated carbocycles. The van der Waals surface area contributed by atoms with Gasteiger partial charge in [-0.15, -0.1) is 0 Å². The highest BCUT2D eigenvalue weighted by Crippen LogP contribution is 2.43. The molecule has 0 fully saturated rings. The molecule has 0 heterocycles. The van der Waals surface area contributed by atoms with Crippen LogP contribution in [-0.4, -0.2) is 74.9 Å². The van der Waals surface area contributed by atoms with Crippen LogP contribution in [0.4, 0.5) is 0 Å². The molecule has 10 heteroatoms. The summed E-state index contributed by atoms with van der Waals surface area (Å²) in [6, 6.07) is 0. The molecule has 0 aromatic heterocycles. The molecule has 0 spiro atoms. The molecule has 0 aliphatic rings. The van der Waals surface area contributed by atoms with Crippen LogP contribution in [0.15, 0.2) is 72.9 Å². The Morgan fingerprint density at radius 3 is 1.04 bits per heavy atom. The van der Waals surface area contributed by atoms with Crippen LogP contribution in [-0.2, 0) is 32.7 Å². The Labute approximate surface area is 508 Å². The maximum Gasteiger partial charge on any atom is 0.472 e. The van der Waals surface area contributed by atoms with Crippen molar-refractivity contribution < 1.29 is 42.1 Å². The summed E-state index contributed by atoms with van der Waals surface area (Å²) < 4.78 is 34.6. The molecule has 0 aromatic rings. The third-order valence-electron chi connectivity index (χ3n) is 15.2. The number of ether oxygens (including phenoxy) is 2. The number of hydrogen-bond acceptors (Lipinski definition) is 7. The zero-order valence-corrected chi connectivity index (χ0v) is 55.4. The minimum absolute atomic E-state index is 0.0255. The number of carbonyl (C=O) groups is 2. The highest BCUT2D eigenvalue weighted by atomic mass is 31.2. The zero-order chi connectivity index (χ0) is 59.8. The Kier molecular flexibility index (Phi) is 61.0. The van der Waals surface area contributed by atoms with E-state index < -0.39 is 26.5 Å². The van der Waals surface area contributed by atoms with Crippen LogP contribution in [0.3, 0.4) is 0 Å². The zero-order valence-electron chi connectivity index (χ0n) is 54.5. The lowest BCUT2D eigenvalue weighted by atomic mass is 10.0. The van der Waals surface area contributed by atoms with Crippen molar-refractivity contribution >= 4 is 19.8 Å². The van der Waals surface area contributed by atoms with E-state index in [0.717, 1.165) is 77.0 Å². The van der Waals surface area contributed by atoms with Gasteiger partial charge in [0.05, 0.1) is 27.7 Å². The summed E-state index contributed by atoms with van der Waals surface area (Å²) in [4.78, 5) is 35.7. The minimum atomic E-state index is -4.40. The van der Waals surface area contributed by atoms with Crippen LogP contribution in [0.25, 0.3) is 0 Å². The SMILES string of the molecule is CC/C=C\C/C=C\C/C=C\C/C=C\CCCCCCC(=O)OC(COC(=O)CCCCCCCCCCCCCCCCCCCCCCCCCCCCCCC/C=C\C/C=C\CCCCCCC)COP(=O)(O)OCC[N+](C)(C)C. The lowest BCUT2D eigenvalue weighted by Gasteiger charge is -2.24. The van der Waals surface area contributed by atoms with Crippen LogP contribution in [0.1, 0.15) is 322 Å². The third kappa shape index (κ3) is 66.6. The number of esters is 2. The van der Waals surface area contributed by atoms with Crippen molar-refractivity contribution in [1.29, 1.82) is 0 Å². The van der Waals surface area contributed by atoms with E-state index in [0.29, 0.717) is 17.4 Å². The number of phosphoric acid groups is 1. The number of quaternary nitrogens is 1. The van der Waals surface area contributed by atoms with E-state index in [9.17, 15) is 19.0 Å². The lowest BCUT2D eigenvalue weighted by Crippen LogP contribution is -2.37. The molecular formula is C72H133NO8P+. The van der Waals surface area contributed by atoms with Crippen molar-refractivity contribution in [3.63, 3.8) is 0 Å². The first-order chi connectivity index (χ1) is 40.0. The topological polar surface area (TPSA) is 108 Å². The molecule has 0 saturated heterocycles. The van der Waals surface area contributed by atoms with E-state index in [4.69, 9.17) is 18.5 Å². The highest BCUT2D eigenvalue weighted by molar-refractivity contribution is 7.47. The van der Waals surface area contributed by atoms with Gasteiger partial charge in [-0.3, -0.25) is 18.6 Å². The van der Waals surface area contributed by atoms with Gasteiger partial charge in [0.15, 0.2) is 6.10 Å². The number of rotatable bonds is 64. The van der Waals surface area contributed by atoms with E-state index in [1.807, 2.05) is 21.1 Å². The standard InChI is InChI=1S/C72H132NO8P/c1-6-8-10-12-14-16-18-20-22-24-25-26-27-28-29-30-31-32-33-34-35-36-37-38-39-40-41-42-43-44-45-46-47-49-50-52-54-56-58-60-62-64-71(74)78-68-70(69-80-82(76,77)79-67-66-73(3,4)5)81-72(75)65-63-61-59-57-55-53-51-48-23-21-19-17-15-13-11-9-7-2/h9,11,15,17-18,20-21,23-25,51,53,70H,6-8,10,12-14,16,19,22,26-50,52,54-69H2,1-5H3/p+1/b11-9-,17-15-,20-18-,23-21-,25-24-,53-51-. The van der Waals surface area contributed by atoms with Gasteiger partial charge in [-0.1, -0.05) is 299 Å². The number of unbranched alkanes of at least 4 members (excludes halogenated alkanes) is 38. The number of phosphoric ester groups is 1. The van der Waals surface area contributed by atoms with Gasteiger partial charge in [-0.2, -0.15) is 0 Å². The second-order valence-corrected chi connectivity index (χ2v) is 26.0. The van der Waals surface area contributed by atoms with Gasteiger partial charge in [-0.25, -0.2) is 4.57 Å². The number of nitrogens with zero attached hydrogens (tertiary/aromatic N) is 1. The monoisotopic (exact) mass is 1170 g/mol. The van der Waals surface area contributed by atoms with Crippen molar-refractivity contribution in [3.8, 4) is 0 Å². The summed E-state index contributed by atoms with van der Waals surface area (Å²) in [5.74, 6) is -0.816. The summed E-state index contributed by atoms with van der Waals surface area (Å²) in [5.41, 5.74) is 0. The molecule has 0 aliphatic heterocycles. The van der Waals surface area contributed by atoms with Crippen molar-refractivity contribution in [2.45, 2.75) is 328 Å². The number of hydrogen-bond donors (Lipinski definition) is 1. The summed E-state index contributed by atoms with van der Waals surface area (Å²) in [7, 11) is 1.46. The maximum atomic E-state index is 12.8. The molecule has 478 valence electrons. The lowest BCUT2D eigenvalue weighted by molar-refractivity contribution is -0.870. The first kappa shape index (κ1) is 79.5. The average molecular weight is 1170 g/mol. The molecule has 0 rings (SSSR count). The van der Waals surface area contributed by atoms with Gasteiger partial charge < -0.3 is 18.9 Å². The molecule has 0 bridgehead atoms. The molecule has 2 atom stereocenters. The van der Waals surface area contributed by atoms with Crippen molar-refractivity contribution in [2.75, 3.05) is 47.5 Å². The maximum absolute atomic E-state index is 12.8. The second-order valence-electron chi connectivity index (χ2n) is 24.5. The molecule has 0 aliphatic carbocycles. The van der Waals surface area contributed by atoms with Crippen molar-refractivity contribution in [2.24, 2.45) is 0 Å². The molecule has 9 nitrogen and oxygen atoms in total. The predicted octanol–water partition coefficient (Wildman–Crippen LogP) is 22.4. The fourth-order valence-corrected chi connectivity index (χ4v) is 10.7. The molecule has 82 heavy (non-hydrogen) atoms. The van der Waals surface area contributed by atoms with Gasteiger partial charge in [-0.05, 0) is 83.5 Å². The Morgan fingerprint density at radius 1 is 0.390 bits per heavy atom. The summed E-state index contributed by atoms with van der Waals surface area (Å²) in [6.45, 7) is 4.31. The number of carbonyl (C=O) groups excluding carboxylic acids is 2. The summed E-state index contributed by atoms with van der Waals surface area (Å²) >= 11 is 0. The highest BCUT2D eigenvalue weighted by Gasteiger charge is 2.27. The average Bonchev–Trinajstić information content (AvgIpc) is 3.46. The Hall–Kier alpha value is -2.55. The Morgan fingerprint density at radius 2 is 0.695 bits per heavy atom. The molecule has 0 aromatic carbocycles. The molecular weight excluding hydrogens is 1040 g/mol. The molecule has 0 amide bonds. The Bertz CT molecular complexity index is 1610. The van der Waals surface area contributed by atoms with Gasteiger partial charge in [0.2, 0.25) is 0 Å². The minimum Gasteiger partial charge on any atom is -0.462 e. The number of allylic oxidation sites excluding steroid dienone is 12. The van der Waals surface area contributed by atoms with Gasteiger partial charge in [0, 0.05) is 12.8 Å². The second kappa shape index (κ2) is 63.0. The van der Waals surface area contributed by atoms with E-state index in [1.54, 1.807) is 0 Å². The van der Waals surface area contributed by atoms with Crippen LogP contribution < -0.4 is 0 Å². The van der Waals surface area contributed by atoms with Gasteiger partial charge in [0.1, 0.15) is 19.8 Å². The summed E-state index contributed by atoms with van der Waals surface area (Å²) in [6.07, 6.45) is 84.7. The molecule has 0 radical (unpaired) electrons. The van der Waals surface area contributed by atoms with Gasteiger partial charge >= 0.3 is 19.8 Å². The first-order valence-corrected chi connectivity index (χ1v) is 36.2. The van der Waals surface area contributed by atoms with E-state index in [-0.39, 0.29) is 32.0 Å². The van der Waals surface area contributed by atoms with Crippen LogP contribution in [0, 0.1) is 0 Å². The van der Waals surface area contributed by atoms with E-state index >= 15 is 0 Å². The smallest absolute Gasteiger partial charge is 0.462 e. The fraction of sp³-hybridized carbons (Fsp3) is 0.806. The third-order valence-corrected chi connectivity index (χ3v) is 16.2. The van der Waals surface area contributed by atoms with Crippen molar-refractivity contribution in [3.05, 3.63) is 72.9 Å². The van der Waals surface area contributed by atoms with E-state index in [1.165, 1.54) is 212 Å². The van der Waals surface area contributed by atoms with Crippen LogP contribution >= 0.6 is 7.82 Å². The van der Waals surface area contributed by atoms with Crippen LogP contribution in [0.2, 0.25) is 0 Å². The van der Waals surface area contributed by atoms with Gasteiger partial charge in [0.25, 0.3) is 0 Å². The quantitative estimate of drug-likeness (QED) is 0.0211. The van der Waals surface area contributed by atoms with Crippen LogP contribution in [0.5, 0.6) is 0 Å². The van der Waals surface area contributed by atoms with Crippen molar-refractivity contribution in [1.82, 2.24) is 0 Å². The molecule has 1 N–H and O–H groups in total. The first-order valence-electron chi connectivity index (χ1n) is 34.7. The number of likely N-dealkylation sites (N-methyl/N-ethyl adjacent to an activating group) is 1. The fourth-order valence-electron chi connectivity index (χ4n) is 9.92. The molecule has 2 unspecified atom stereocenters. The normalized spacial score (nSPS) is 13.6. The Balaban J connectivity index is 3.87. The summed E-state index contributed by atoms with van der Waals surface area (Å²) in [5, 5.41) is 0.